The fraction of sp³-hybridized carbons (Fsp3) is 0.500. The minimum atomic E-state index is -0.532. The minimum absolute atomic E-state index is 0.101. The molecule has 1 atom stereocenters. The lowest BCUT2D eigenvalue weighted by Crippen LogP contribution is -2.62. The molecule has 0 radical (unpaired) electrons. The third-order valence-corrected chi connectivity index (χ3v) is 9.97. The number of nitrogens with one attached hydrogen (secondary N) is 2. The molecule has 5 nitrogen and oxygen atoms in total. The third kappa shape index (κ3) is 4.05. The summed E-state index contributed by atoms with van der Waals surface area (Å²) < 4.78 is 0. The van der Waals surface area contributed by atoms with Crippen molar-refractivity contribution in [3.8, 4) is 0 Å². The summed E-state index contributed by atoms with van der Waals surface area (Å²) >= 11 is 6.29. The number of carbonyl (C=O) groups is 2. The molecule has 0 saturated heterocycles. The molecular weight excluding hydrogens is 494 g/mol. The Morgan fingerprint density at radius 3 is 2.24 bits per heavy atom. The van der Waals surface area contributed by atoms with Gasteiger partial charge in [0.15, 0.2) is 5.78 Å². The van der Waals surface area contributed by atoms with Crippen LogP contribution in [0.25, 0.3) is 0 Å². The first-order chi connectivity index (χ1) is 18.2. The number of Topliss-reactive ketones (excluding diaryl/α,β-unsaturated/α-hetero) is 1. The Balaban J connectivity index is 1.36. The van der Waals surface area contributed by atoms with Crippen molar-refractivity contribution in [2.75, 3.05) is 10.2 Å². The molecule has 0 aromatic heterocycles. The molecule has 1 heterocycles. The lowest BCUT2D eigenvalue weighted by molar-refractivity contribution is -0.118. The van der Waals surface area contributed by atoms with Crippen molar-refractivity contribution in [1.29, 1.82) is 0 Å². The molecule has 1 aliphatic heterocycles. The van der Waals surface area contributed by atoms with Crippen LogP contribution in [-0.2, 0) is 4.79 Å². The normalized spacial score (nSPS) is 32.8. The second-order valence-corrected chi connectivity index (χ2v) is 13.9. The van der Waals surface area contributed by atoms with Crippen molar-refractivity contribution >= 4 is 34.8 Å². The van der Waals surface area contributed by atoms with Gasteiger partial charge in [-0.05, 0) is 97.9 Å². The molecular formula is C32H36ClN3O2. The fourth-order valence-electron chi connectivity index (χ4n) is 8.72. The second-order valence-electron chi connectivity index (χ2n) is 13.4. The average molecular weight is 530 g/mol. The third-order valence-electron chi connectivity index (χ3n) is 9.72. The van der Waals surface area contributed by atoms with E-state index in [9.17, 15) is 9.59 Å². The van der Waals surface area contributed by atoms with Gasteiger partial charge in [0.1, 0.15) is 0 Å². The standard InChI is InChI=1S/C32H36ClN3O2/c1-31(2)17-25-28(27(37)18-31)29(22-7-9-23(33)10-8-22)36(26-6-4-3-5-24(26)34-25)30(38)35-32-14-19-11-20(15-32)13-21(12-19)16-32/h3-10,19-21,29,34H,11-18H2,1-2H3,(H,35,38). The SMILES string of the molecule is CC1(C)CC(=O)C2=C(C1)Nc1ccccc1N(C(=O)NC13CC4CC(CC(C4)C1)C3)C2c1ccc(Cl)cc1. The van der Waals surface area contributed by atoms with Crippen LogP contribution in [0, 0.1) is 23.2 Å². The van der Waals surface area contributed by atoms with Gasteiger partial charge in [-0.15, -0.1) is 0 Å². The summed E-state index contributed by atoms with van der Waals surface area (Å²) in [6, 6.07) is 15.0. The van der Waals surface area contributed by atoms with E-state index in [2.05, 4.69) is 24.5 Å². The van der Waals surface area contributed by atoms with Gasteiger partial charge < -0.3 is 10.6 Å². The van der Waals surface area contributed by atoms with E-state index in [1.54, 1.807) is 0 Å². The quantitative estimate of drug-likeness (QED) is 0.420. The van der Waals surface area contributed by atoms with Gasteiger partial charge in [0.05, 0.1) is 17.4 Å². The summed E-state index contributed by atoms with van der Waals surface area (Å²) in [5, 5.41) is 7.85. The number of carbonyl (C=O) groups excluding carboxylic acids is 2. The summed E-state index contributed by atoms with van der Waals surface area (Å²) in [6.45, 7) is 4.28. The number of ketones is 1. The highest BCUT2D eigenvalue weighted by Crippen LogP contribution is 2.56. The van der Waals surface area contributed by atoms with Crippen molar-refractivity contribution in [3.63, 3.8) is 0 Å². The summed E-state index contributed by atoms with van der Waals surface area (Å²) in [4.78, 5) is 30.3. The topological polar surface area (TPSA) is 61.4 Å². The number of para-hydroxylation sites is 2. The van der Waals surface area contributed by atoms with Gasteiger partial charge in [-0.3, -0.25) is 9.69 Å². The monoisotopic (exact) mass is 529 g/mol. The Morgan fingerprint density at radius 2 is 1.58 bits per heavy atom. The molecule has 4 bridgehead atoms. The van der Waals surface area contributed by atoms with E-state index in [-0.39, 0.29) is 22.8 Å². The molecule has 0 spiro atoms. The number of nitrogens with zero attached hydrogens (tertiary/aromatic N) is 1. The number of benzene rings is 2. The van der Waals surface area contributed by atoms with Gasteiger partial charge in [-0.1, -0.05) is 49.7 Å². The van der Waals surface area contributed by atoms with Crippen molar-refractivity contribution in [1.82, 2.24) is 5.32 Å². The fourth-order valence-corrected chi connectivity index (χ4v) is 8.85. The van der Waals surface area contributed by atoms with Gasteiger partial charge in [-0.25, -0.2) is 4.79 Å². The predicted octanol–water partition coefficient (Wildman–Crippen LogP) is 7.63. The van der Waals surface area contributed by atoms with E-state index >= 15 is 0 Å². The molecule has 8 rings (SSSR count). The highest BCUT2D eigenvalue weighted by atomic mass is 35.5. The highest BCUT2D eigenvalue weighted by molar-refractivity contribution is 6.30. The maximum absolute atomic E-state index is 14.6. The number of hydrogen-bond donors (Lipinski definition) is 2. The molecule has 4 saturated carbocycles. The summed E-state index contributed by atoms with van der Waals surface area (Å²) in [5.74, 6) is 2.28. The van der Waals surface area contributed by atoms with E-state index in [0.717, 1.165) is 66.1 Å². The Morgan fingerprint density at radius 1 is 0.947 bits per heavy atom. The van der Waals surface area contributed by atoms with Crippen LogP contribution in [0.1, 0.15) is 76.8 Å². The molecule has 198 valence electrons. The number of hydrogen-bond acceptors (Lipinski definition) is 3. The maximum Gasteiger partial charge on any atom is 0.323 e. The van der Waals surface area contributed by atoms with Crippen LogP contribution in [0.4, 0.5) is 16.2 Å². The lowest BCUT2D eigenvalue weighted by Gasteiger charge is -2.57. The second kappa shape index (κ2) is 8.61. The van der Waals surface area contributed by atoms with Crippen molar-refractivity contribution in [2.24, 2.45) is 23.2 Å². The van der Waals surface area contributed by atoms with Crippen LogP contribution < -0.4 is 15.5 Å². The molecule has 6 aliphatic rings. The van der Waals surface area contributed by atoms with Crippen LogP contribution in [0.3, 0.4) is 0 Å². The Hall–Kier alpha value is -2.79. The number of amides is 2. The van der Waals surface area contributed by atoms with Crippen molar-refractivity contribution in [2.45, 2.75) is 76.8 Å². The molecule has 1 unspecified atom stereocenters. The average Bonchev–Trinajstić information content (AvgIpc) is 2.97. The summed E-state index contributed by atoms with van der Waals surface area (Å²) in [7, 11) is 0. The van der Waals surface area contributed by atoms with E-state index in [4.69, 9.17) is 11.6 Å². The summed E-state index contributed by atoms with van der Waals surface area (Å²) in [5.41, 5.74) is 3.89. The summed E-state index contributed by atoms with van der Waals surface area (Å²) in [6.07, 6.45) is 8.38. The molecule has 2 aromatic rings. The van der Waals surface area contributed by atoms with Crippen molar-refractivity contribution in [3.05, 3.63) is 70.4 Å². The first kappa shape index (κ1) is 24.3. The molecule has 5 aliphatic carbocycles. The molecule has 2 N–H and O–H groups in total. The predicted molar refractivity (Wildman–Crippen MR) is 151 cm³/mol. The first-order valence-corrected chi connectivity index (χ1v) is 14.6. The van der Waals surface area contributed by atoms with Crippen LogP contribution in [0.5, 0.6) is 0 Å². The zero-order valence-electron chi connectivity index (χ0n) is 22.2. The zero-order valence-corrected chi connectivity index (χ0v) is 23.0. The molecule has 2 aromatic carbocycles. The van der Waals surface area contributed by atoms with Crippen LogP contribution in [0.2, 0.25) is 5.02 Å². The number of allylic oxidation sites excluding steroid dienone is 1. The maximum atomic E-state index is 14.6. The Labute approximate surface area is 230 Å². The smallest absolute Gasteiger partial charge is 0.323 e. The van der Waals surface area contributed by atoms with Gasteiger partial charge in [0, 0.05) is 28.3 Å². The largest absolute Gasteiger partial charge is 0.357 e. The Kier molecular flexibility index (Phi) is 5.50. The molecule has 2 amide bonds. The van der Waals surface area contributed by atoms with Crippen LogP contribution >= 0.6 is 11.6 Å². The van der Waals surface area contributed by atoms with Gasteiger partial charge in [-0.2, -0.15) is 0 Å². The first-order valence-electron chi connectivity index (χ1n) is 14.2. The van der Waals surface area contributed by atoms with Gasteiger partial charge in [0.2, 0.25) is 0 Å². The van der Waals surface area contributed by atoms with Crippen molar-refractivity contribution < 1.29 is 9.59 Å². The number of anilines is 2. The van der Waals surface area contributed by atoms with E-state index in [1.165, 1.54) is 19.3 Å². The molecule has 38 heavy (non-hydrogen) atoms. The van der Waals surface area contributed by atoms with E-state index < -0.39 is 6.04 Å². The van der Waals surface area contributed by atoms with Gasteiger partial charge >= 0.3 is 6.03 Å². The van der Waals surface area contributed by atoms with Crippen LogP contribution in [-0.4, -0.2) is 17.4 Å². The lowest BCUT2D eigenvalue weighted by atomic mass is 9.53. The number of halogens is 1. The highest BCUT2D eigenvalue weighted by Gasteiger charge is 2.53. The number of urea groups is 1. The molecule has 4 fully saturated rings. The van der Waals surface area contributed by atoms with E-state index in [1.807, 2.05) is 53.4 Å². The Bertz CT molecular complexity index is 1310. The number of fused-ring (bicyclic) bond motifs is 1. The zero-order chi connectivity index (χ0) is 26.2. The van der Waals surface area contributed by atoms with E-state index in [0.29, 0.717) is 17.0 Å². The minimum Gasteiger partial charge on any atom is -0.357 e. The molecule has 6 heteroatoms. The van der Waals surface area contributed by atoms with Gasteiger partial charge in [0.25, 0.3) is 0 Å². The number of rotatable bonds is 2. The van der Waals surface area contributed by atoms with Crippen LogP contribution in [0.15, 0.2) is 59.8 Å².